The van der Waals surface area contributed by atoms with Crippen LogP contribution in [0.15, 0.2) is 29.3 Å². The van der Waals surface area contributed by atoms with Gasteiger partial charge in [-0.15, -0.1) is 0 Å². The van der Waals surface area contributed by atoms with Gasteiger partial charge in [0.1, 0.15) is 0 Å². The predicted molar refractivity (Wildman–Crippen MR) is 103 cm³/mol. The largest absolute Gasteiger partial charge is 0.357 e. The molecule has 1 aliphatic heterocycles. The van der Waals surface area contributed by atoms with Crippen molar-refractivity contribution in [3.8, 4) is 0 Å². The maximum absolute atomic E-state index is 11.9. The lowest BCUT2D eigenvalue weighted by molar-refractivity contribution is 0.0827. The Morgan fingerprint density at radius 1 is 1.28 bits per heavy atom. The third-order valence-electron chi connectivity index (χ3n) is 4.42. The predicted octanol–water partition coefficient (Wildman–Crippen LogP) is 1.40. The molecule has 25 heavy (non-hydrogen) atoms. The first kappa shape index (κ1) is 19.2. The molecule has 1 aromatic rings. The van der Waals surface area contributed by atoms with E-state index in [0.717, 1.165) is 31.2 Å². The van der Waals surface area contributed by atoms with Crippen LogP contribution in [-0.2, 0) is 6.54 Å². The van der Waals surface area contributed by atoms with E-state index in [2.05, 4.69) is 34.5 Å². The van der Waals surface area contributed by atoms with Crippen molar-refractivity contribution >= 4 is 11.9 Å². The van der Waals surface area contributed by atoms with E-state index in [9.17, 15) is 4.79 Å². The summed E-state index contributed by atoms with van der Waals surface area (Å²) in [4.78, 5) is 20.5. The molecular formula is C19H31N5O. The smallest absolute Gasteiger partial charge is 0.253 e. The fourth-order valence-electron chi connectivity index (χ4n) is 2.96. The van der Waals surface area contributed by atoms with Crippen molar-refractivity contribution in [1.82, 2.24) is 20.4 Å². The molecule has 1 atom stereocenters. The van der Waals surface area contributed by atoms with E-state index in [4.69, 9.17) is 0 Å². The van der Waals surface area contributed by atoms with E-state index in [1.807, 2.05) is 24.3 Å². The maximum atomic E-state index is 11.9. The molecule has 0 radical (unpaired) electrons. The fraction of sp³-hybridized carbons (Fsp3) is 0.579. The van der Waals surface area contributed by atoms with Gasteiger partial charge in [-0.3, -0.25) is 4.79 Å². The highest BCUT2D eigenvalue weighted by Gasteiger charge is 2.19. The average Bonchev–Trinajstić information content (AvgIpc) is 3.02. The first-order valence-electron chi connectivity index (χ1n) is 9.01. The minimum Gasteiger partial charge on any atom is -0.357 e. The second kappa shape index (κ2) is 9.42. The van der Waals surface area contributed by atoms with E-state index in [0.29, 0.717) is 18.0 Å². The number of carbonyl (C=O) groups excluding carboxylic acids is 1. The zero-order valence-corrected chi connectivity index (χ0v) is 15.9. The molecule has 138 valence electrons. The molecule has 1 fully saturated rings. The first-order valence-corrected chi connectivity index (χ1v) is 9.01. The van der Waals surface area contributed by atoms with Gasteiger partial charge in [0.2, 0.25) is 0 Å². The Kier molecular flexibility index (Phi) is 7.25. The van der Waals surface area contributed by atoms with Crippen molar-refractivity contribution in [2.75, 3.05) is 47.3 Å². The van der Waals surface area contributed by atoms with Crippen LogP contribution in [0.25, 0.3) is 0 Å². The van der Waals surface area contributed by atoms with E-state index < -0.39 is 0 Å². The van der Waals surface area contributed by atoms with Gasteiger partial charge in [0, 0.05) is 39.3 Å². The number of guanidine groups is 1. The van der Waals surface area contributed by atoms with E-state index in [1.165, 1.54) is 13.0 Å². The fourth-order valence-corrected chi connectivity index (χ4v) is 2.96. The number of aliphatic imine (C=N–C) groups is 1. The highest BCUT2D eigenvalue weighted by Crippen LogP contribution is 2.12. The summed E-state index contributed by atoms with van der Waals surface area (Å²) in [5.74, 6) is 1.56. The summed E-state index contributed by atoms with van der Waals surface area (Å²) < 4.78 is 0. The molecular weight excluding hydrogens is 314 g/mol. The summed E-state index contributed by atoms with van der Waals surface area (Å²) >= 11 is 0. The van der Waals surface area contributed by atoms with Crippen LogP contribution in [-0.4, -0.2) is 69.0 Å². The molecule has 6 nitrogen and oxygen atoms in total. The molecule has 0 aliphatic carbocycles. The van der Waals surface area contributed by atoms with Gasteiger partial charge in [-0.1, -0.05) is 12.1 Å². The highest BCUT2D eigenvalue weighted by atomic mass is 16.2. The highest BCUT2D eigenvalue weighted by molar-refractivity contribution is 5.93. The molecule has 6 heteroatoms. The number of nitrogens with one attached hydrogen (secondary N) is 2. The molecule has 2 rings (SSSR count). The van der Waals surface area contributed by atoms with Gasteiger partial charge in [0.15, 0.2) is 5.96 Å². The lowest BCUT2D eigenvalue weighted by atomic mass is 10.1. The quantitative estimate of drug-likeness (QED) is 0.604. The molecule has 0 aromatic heterocycles. The summed E-state index contributed by atoms with van der Waals surface area (Å²) in [5, 5.41) is 6.75. The van der Waals surface area contributed by atoms with Crippen molar-refractivity contribution in [3.05, 3.63) is 35.4 Å². The Labute approximate surface area is 151 Å². The summed E-state index contributed by atoms with van der Waals surface area (Å²) in [6.45, 7) is 6.78. The number of nitrogens with zero attached hydrogens (tertiary/aromatic N) is 3. The molecule has 1 aliphatic rings. The van der Waals surface area contributed by atoms with Crippen LogP contribution in [0.5, 0.6) is 0 Å². The third-order valence-corrected chi connectivity index (χ3v) is 4.42. The molecule has 0 spiro atoms. The monoisotopic (exact) mass is 345 g/mol. The van der Waals surface area contributed by atoms with Crippen LogP contribution in [0.3, 0.4) is 0 Å². The second-order valence-electron chi connectivity index (χ2n) is 6.89. The Balaban J connectivity index is 1.90. The molecule has 2 N–H and O–H groups in total. The summed E-state index contributed by atoms with van der Waals surface area (Å²) in [6, 6.07) is 7.66. The maximum Gasteiger partial charge on any atom is 0.253 e. The van der Waals surface area contributed by atoms with Gasteiger partial charge in [0.25, 0.3) is 5.91 Å². The third kappa shape index (κ3) is 6.05. The Morgan fingerprint density at radius 3 is 2.56 bits per heavy atom. The summed E-state index contributed by atoms with van der Waals surface area (Å²) in [7, 11) is 5.69. The van der Waals surface area contributed by atoms with Gasteiger partial charge in [-0.05, 0) is 50.6 Å². The molecule has 1 saturated heterocycles. The topological polar surface area (TPSA) is 60.0 Å². The van der Waals surface area contributed by atoms with Crippen molar-refractivity contribution in [2.45, 2.75) is 19.9 Å². The van der Waals surface area contributed by atoms with E-state index in [-0.39, 0.29) is 5.91 Å². The Bertz CT molecular complexity index is 582. The molecule has 0 saturated carbocycles. The number of amides is 1. The van der Waals surface area contributed by atoms with Crippen LogP contribution in [0.4, 0.5) is 0 Å². The van der Waals surface area contributed by atoms with E-state index >= 15 is 0 Å². The van der Waals surface area contributed by atoms with Gasteiger partial charge >= 0.3 is 0 Å². The SMILES string of the molecule is CCNC(=NCc1ccc(C(=O)N(C)C)cc1)NCC1CCN(C)C1. The average molecular weight is 345 g/mol. The Morgan fingerprint density at radius 2 is 2.00 bits per heavy atom. The zero-order chi connectivity index (χ0) is 18.2. The standard InChI is InChI=1S/C19H31N5O/c1-5-20-19(22-13-16-10-11-24(4)14-16)21-12-15-6-8-17(9-7-15)18(25)23(2)3/h6-9,16H,5,10-14H2,1-4H3,(H2,20,21,22). The molecule has 1 unspecified atom stereocenters. The van der Waals surface area contributed by atoms with Gasteiger partial charge in [-0.25, -0.2) is 4.99 Å². The zero-order valence-electron chi connectivity index (χ0n) is 15.9. The summed E-state index contributed by atoms with van der Waals surface area (Å²) in [5.41, 5.74) is 1.79. The van der Waals surface area contributed by atoms with Crippen LogP contribution in [0.1, 0.15) is 29.3 Å². The molecule has 1 heterocycles. The number of hydrogen-bond acceptors (Lipinski definition) is 3. The lowest BCUT2D eigenvalue weighted by Gasteiger charge is -2.15. The van der Waals surface area contributed by atoms with Crippen LogP contribution >= 0.6 is 0 Å². The second-order valence-corrected chi connectivity index (χ2v) is 6.89. The number of hydrogen-bond donors (Lipinski definition) is 2. The minimum atomic E-state index is 0.0200. The number of benzene rings is 1. The van der Waals surface area contributed by atoms with Gasteiger partial charge in [-0.2, -0.15) is 0 Å². The van der Waals surface area contributed by atoms with Crippen molar-refractivity contribution in [2.24, 2.45) is 10.9 Å². The Hall–Kier alpha value is -2.08. The number of carbonyl (C=O) groups is 1. The van der Waals surface area contributed by atoms with Crippen molar-refractivity contribution < 1.29 is 4.79 Å². The molecule has 1 aromatic carbocycles. The van der Waals surface area contributed by atoms with Crippen molar-refractivity contribution in [1.29, 1.82) is 0 Å². The minimum absolute atomic E-state index is 0.0200. The van der Waals surface area contributed by atoms with Crippen LogP contribution in [0, 0.1) is 5.92 Å². The molecule has 1 amide bonds. The van der Waals surface area contributed by atoms with Crippen molar-refractivity contribution in [3.63, 3.8) is 0 Å². The lowest BCUT2D eigenvalue weighted by Crippen LogP contribution is -2.40. The number of likely N-dealkylation sites (tertiary alicyclic amines) is 1. The summed E-state index contributed by atoms with van der Waals surface area (Å²) in [6.07, 6.45) is 1.24. The molecule has 0 bridgehead atoms. The normalized spacial score (nSPS) is 18.2. The number of rotatable bonds is 6. The van der Waals surface area contributed by atoms with Gasteiger partial charge < -0.3 is 20.4 Å². The van der Waals surface area contributed by atoms with Crippen LogP contribution in [0.2, 0.25) is 0 Å². The van der Waals surface area contributed by atoms with Gasteiger partial charge in [0.05, 0.1) is 6.54 Å². The first-order chi connectivity index (χ1) is 12.0. The van der Waals surface area contributed by atoms with E-state index in [1.54, 1.807) is 19.0 Å². The van der Waals surface area contributed by atoms with Crippen LogP contribution < -0.4 is 10.6 Å².